The van der Waals surface area contributed by atoms with Crippen molar-refractivity contribution >= 4 is 17.7 Å². The Labute approximate surface area is 89.2 Å². The SMILES string of the molecule is COC(C)(C)CCSC[C@@H](N)C(=O)O. The number of hydrogen-bond donors (Lipinski definition) is 2. The maximum atomic E-state index is 10.4. The molecule has 0 aromatic carbocycles. The normalized spacial score (nSPS) is 14.0. The van der Waals surface area contributed by atoms with Crippen LogP contribution >= 0.6 is 11.8 Å². The van der Waals surface area contributed by atoms with Crippen molar-refractivity contribution in [3.63, 3.8) is 0 Å². The van der Waals surface area contributed by atoms with E-state index in [1.807, 2.05) is 13.8 Å². The van der Waals surface area contributed by atoms with E-state index in [0.717, 1.165) is 12.2 Å². The van der Waals surface area contributed by atoms with Crippen LogP contribution in [0.1, 0.15) is 20.3 Å². The molecule has 0 fully saturated rings. The maximum Gasteiger partial charge on any atom is 0.321 e. The molecular formula is C9H19NO3S. The van der Waals surface area contributed by atoms with Gasteiger partial charge < -0.3 is 15.6 Å². The number of rotatable bonds is 7. The van der Waals surface area contributed by atoms with Gasteiger partial charge >= 0.3 is 5.97 Å². The Morgan fingerprint density at radius 3 is 2.64 bits per heavy atom. The van der Waals surface area contributed by atoms with Crippen LogP contribution < -0.4 is 5.73 Å². The van der Waals surface area contributed by atoms with Gasteiger partial charge in [-0.05, 0) is 26.0 Å². The quantitative estimate of drug-likeness (QED) is 0.626. The fourth-order valence-electron chi connectivity index (χ4n) is 0.702. The number of carboxylic acid groups (broad SMARTS) is 1. The van der Waals surface area contributed by atoms with E-state index in [1.54, 1.807) is 18.9 Å². The molecule has 0 aliphatic heterocycles. The van der Waals surface area contributed by atoms with E-state index in [4.69, 9.17) is 15.6 Å². The van der Waals surface area contributed by atoms with Gasteiger partial charge in [-0.2, -0.15) is 11.8 Å². The van der Waals surface area contributed by atoms with Crippen molar-refractivity contribution in [3.8, 4) is 0 Å². The van der Waals surface area contributed by atoms with Crippen molar-refractivity contribution in [1.82, 2.24) is 0 Å². The fourth-order valence-corrected chi connectivity index (χ4v) is 1.90. The van der Waals surface area contributed by atoms with Gasteiger partial charge in [-0.25, -0.2) is 0 Å². The molecule has 0 aromatic heterocycles. The van der Waals surface area contributed by atoms with Crippen molar-refractivity contribution < 1.29 is 14.6 Å². The third kappa shape index (κ3) is 6.23. The van der Waals surface area contributed by atoms with Gasteiger partial charge in [0.05, 0.1) is 5.60 Å². The summed E-state index contributed by atoms with van der Waals surface area (Å²) in [6.07, 6.45) is 0.889. The van der Waals surface area contributed by atoms with Crippen LogP contribution in [-0.4, -0.2) is 41.3 Å². The van der Waals surface area contributed by atoms with E-state index in [9.17, 15) is 4.79 Å². The third-order valence-electron chi connectivity index (χ3n) is 2.02. The van der Waals surface area contributed by atoms with Crippen LogP contribution in [0.4, 0.5) is 0 Å². The Bertz CT molecular complexity index is 185. The molecular weight excluding hydrogens is 202 g/mol. The lowest BCUT2D eigenvalue weighted by atomic mass is 10.1. The van der Waals surface area contributed by atoms with Crippen LogP contribution in [0, 0.1) is 0 Å². The average Bonchev–Trinajstić information content (AvgIpc) is 2.12. The maximum absolute atomic E-state index is 10.4. The number of thioether (sulfide) groups is 1. The molecule has 0 saturated heterocycles. The molecule has 4 nitrogen and oxygen atoms in total. The Hall–Kier alpha value is -0.260. The molecule has 0 heterocycles. The van der Waals surface area contributed by atoms with E-state index in [0.29, 0.717) is 5.75 Å². The monoisotopic (exact) mass is 221 g/mol. The van der Waals surface area contributed by atoms with Gasteiger partial charge in [0.15, 0.2) is 0 Å². The molecule has 0 amide bonds. The molecule has 14 heavy (non-hydrogen) atoms. The standard InChI is InChI=1S/C9H19NO3S/c1-9(2,13-3)4-5-14-6-7(10)8(11)12/h7H,4-6,10H2,1-3H3,(H,11,12)/t7-/m1/s1. The molecule has 1 atom stereocenters. The lowest BCUT2D eigenvalue weighted by Crippen LogP contribution is -2.32. The minimum Gasteiger partial charge on any atom is -0.480 e. The Balaban J connectivity index is 3.52. The van der Waals surface area contributed by atoms with Crippen LogP contribution in [0.2, 0.25) is 0 Å². The van der Waals surface area contributed by atoms with Gasteiger partial charge in [-0.3, -0.25) is 4.79 Å². The Kier molecular flexibility index (Phi) is 6.15. The minimum absolute atomic E-state index is 0.139. The second kappa shape index (κ2) is 6.27. The van der Waals surface area contributed by atoms with E-state index < -0.39 is 12.0 Å². The van der Waals surface area contributed by atoms with Crippen molar-refractivity contribution in [3.05, 3.63) is 0 Å². The number of aliphatic carboxylic acids is 1. The molecule has 3 N–H and O–H groups in total. The van der Waals surface area contributed by atoms with Crippen molar-refractivity contribution in [2.75, 3.05) is 18.6 Å². The smallest absolute Gasteiger partial charge is 0.321 e. The summed E-state index contributed by atoms with van der Waals surface area (Å²) in [4.78, 5) is 10.4. The number of nitrogens with two attached hydrogens (primary N) is 1. The fraction of sp³-hybridized carbons (Fsp3) is 0.889. The first-order chi connectivity index (χ1) is 6.39. The molecule has 0 unspecified atom stereocenters. The van der Waals surface area contributed by atoms with Crippen molar-refractivity contribution in [1.29, 1.82) is 0 Å². The number of hydrogen-bond acceptors (Lipinski definition) is 4. The molecule has 0 aliphatic rings. The van der Waals surface area contributed by atoms with Crippen LogP contribution in [-0.2, 0) is 9.53 Å². The number of methoxy groups -OCH3 is 1. The van der Waals surface area contributed by atoms with Gasteiger partial charge in [0.1, 0.15) is 6.04 Å². The lowest BCUT2D eigenvalue weighted by Gasteiger charge is -2.22. The van der Waals surface area contributed by atoms with E-state index in [2.05, 4.69) is 0 Å². The molecule has 0 aliphatic carbocycles. The molecule has 84 valence electrons. The summed E-state index contributed by atoms with van der Waals surface area (Å²) < 4.78 is 5.23. The summed E-state index contributed by atoms with van der Waals surface area (Å²) in [5.41, 5.74) is 5.21. The number of carbonyl (C=O) groups is 1. The largest absolute Gasteiger partial charge is 0.480 e. The van der Waals surface area contributed by atoms with E-state index in [-0.39, 0.29) is 5.60 Å². The molecule has 0 bridgehead atoms. The number of ether oxygens (including phenoxy) is 1. The lowest BCUT2D eigenvalue weighted by molar-refractivity contribution is -0.137. The average molecular weight is 221 g/mol. The Morgan fingerprint density at radius 2 is 2.21 bits per heavy atom. The summed E-state index contributed by atoms with van der Waals surface area (Å²) in [6, 6.07) is -0.759. The summed E-state index contributed by atoms with van der Waals surface area (Å²) in [7, 11) is 1.67. The van der Waals surface area contributed by atoms with Gasteiger partial charge in [0, 0.05) is 12.9 Å². The molecule has 0 saturated carbocycles. The first kappa shape index (κ1) is 13.7. The van der Waals surface area contributed by atoms with E-state index in [1.165, 1.54) is 0 Å². The van der Waals surface area contributed by atoms with Gasteiger partial charge in [0.2, 0.25) is 0 Å². The van der Waals surface area contributed by atoms with Gasteiger partial charge in [-0.15, -0.1) is 0 Å². The third-order valence-corrected chi connectivity index (χ3v) is 3.10. The molecule has 5 heteroatoms. The first-order valence-corrected chi connectivity index (χ1v) is 5.66. The molecule has 0 rings (SSSR count). The summed E-state index contributed by atoms with van der Waals surface area (Å²) in [5, 5.41) is 8.52. The Morgan fingerprint density at radius 1 is 1.64 bits per heavy atom. The summed E-state index contributed by atoms with van der Waals surface area (Å²) in [5.74, 6) is 0.375. The highest BCUT2D eigenvalue weighted by Gasteiger charge is 2.16. The zero-order valence-corrected chi connectivity index (χ0v) is 9.76. The van der Waals surface area contributed by atoms with Crippen LogP contribution in [0.5, 0.6) is 0 Å². The second-order valence-electron chi connectivity index (χ2n) is 3.73. The van der Waals surface area contributed by atoms with E-state index >= 15 is 0 Å². The number of carboxylic acids is 1. The zero-order chi connectivity index (χ0) is 11.2. The predicted octanol–water partition coefficient (Wildman–Crippen LogP) is 0.947. The summed E-state index contributed by atoms with van der Waals surface area (Å²) in [6.45, 7) is 4.01. The van der Waals surface area contributed by atoms with Crippen LogP contribution in [0.25, 0.3) is 0 Å². The van der Waals surface area contributed by atoms with Gasteiger partial charge in [0.25, 0.3) is 0 Å². The molecule has 0 radical (unpaired) electrons. The molecule has 0 aromatic rings. The van der Waals surface area contributed by atoms with Crippen molar-refractivity contribution in [2.45, 2.75) is 31.9 Å². The topological polar surface area (TPSA) is 72.5 Å². The minimum atomic E-state index is -0.941. The van der Waals surface area contributed by atoms with Crippen LogP contribution in [0.3, 0.4) is 0 Å². The summed E-state index contributed by atoms with van der Waals surface area (Å²) >= 11 is 1.55. The van der Waals surface area contributed by atoms with Gasteiger partial charge in [-0.1, -0.05) is 0 Å². The second-order valence-corrected chi connectivity index (χ2v) is 4.88. The zero-order valence-electron chi connectivity index (χ0n) is 8.95. The highest BCUT2D eigenvalue weighted by molar-refractivity contribution is 7.99. The van der Waals surface area contributed by atoms with Crippen molar-refractivity contribution in [2.24, 2.45) is 5.73 Å². The first-order valence-electron chi connectivity index (χ1n) is 4.50. The van der Waals surface area contributed by atoms with Crippen LogP contribution in [0.15, 0.2) is 0 Å². The highest BCUT2D eigenvalue weighted by Crippen LogP contribution is 2.16. The molecule has 0 spiro atoms. The predicted molar refractivity (Wildman–Crippen MR) is 58.6 cm³/mol. The highest BCUT2D eigenvalue weighted by atomic mass is 32.2.